The summed E-state index contributed by atoms with van der Waals surface area (Å²) < 4.78 is 7.51. The summed E-state index contributed by atoms with van der Waals surface area (Å²) in [5.41, 5.74) is 6.07. The van der Waals surface area contributed by atoms with Crippen molar-refractivity contribution in [2.45, 2.75) is 83.8 Å². The van der Waals surface area contributed by atoms with Crippen molar-refractivity contribution >= 4 is 22.6 Å². The van der Waals surface area contributed by atoms with E-state index in [1.807, 2.05) is 23.0 Å². The molecule has 7 heteroatoms. The number of amides is 1. The fourth-order valence-corrected chi connectivity index (χ4v) is 5.54. The number of pyridine rings is 1. The first-order chi connectivity index (χ1) is 17.2. The highest BCUT2D eigenvalue weighted by Gasteiger charge is 2.22. The lowest BCUT2D eigenvalue weighted by molar-refractivity contribution is 0.0904. The Balaban J connectivity index is 1.40. The summed E-state index contributed by atoms with van der Waals surface area (Å²) in [6, 6.07) is 8.54. The number of fused-ring (bicyclic) bond motifs is 1. The molecule has 0 radical (unpaired) electrons. The summed E-state index contributed by atoms with van der Waals surface area (Å²) >= 11 is 0. The van der Waals surface area contributed by atoms with E-state index in [1.54, 1.807) is 0 Å². The van der Waals surface area contributed by atoms with Gasteiger partial charge in [0.2, 0.25) is 0 Å². The van der Waals surface area contributed by atoms with Crippen molar-refractivity contribution in [3.8, 4) is 0 Å². The SMILES string of the molecule is CCc1nc2c(cnn2CC)c(NC2CCOCC2)c1CNC(=O)c1ccc(C2CCCC2)cc1. The number of rotatable bonds is 8. The Labute approximate surface area is 207 Å². The summed E-state index contributed by atoms with van der Waals surface area (Å²) in [6.45, 7) is 6.93. The van der Waals surface area contributed by atoms with Crippen LogP contribution in [0.1, 0.15) is 85.5 Å². The molecule has 1 saturated heterocycles. The number of carbonyl (C=O) groups is 1. The molecule has 0 unspecified atom stereocenters. The van der Waals surface area contributed by atoms with E-state index in [0.717, 1.165) is 67.0 Å². The minimum absolute atomic E-state index is 0.0496. The fourth-order valence-electron chi connectivity index (χ4n) is 5.54. The average Bonchev–Trinajstić information content (AvgIpc) is 3.58. The van der Waals surface area contributed by atoms with Gasteiger partial charge in [0.15, 0.2) is 5.65 Å². The zero-order valence-electron chi connectivity index (χ0n) is 21.0. The number of hydrogen-bond donors (Lipinski definition) is 2. The van der Waals surface area contributed by atoms with Gasteiger partial charge in [-0.3, -0.25) is 4.79 Å². The molecule has 2 aliphatic rings. The van der Waals surface area contributed by atoms with Crippen LogP contribution in [0.15, 0.2) is 30.5 Å². The Morgan fingerprint density at radius 2 is 1.83 bits per heavy atom. The molecule has 0 spiro atoms. The van der Waals surface area contributed by atoms with E-state index >= 15 is 0 Å². The summed E-state index contributed by atoms with van der Waals surface area (Å²) in [5, 5.41) is 12.5. The van der Waals surface area contributed by atoms with E-state index in [2.05, 4.69) is 41.7 Å². The van der Waals surface area contributed by atoms with Crippen molar-refractivity contribution in [1.29, 1.82) is 0 Å². The third-order valence-corrected chi connectivity index (χ3v) is 7.60. The lowest BCUT2D eigenvalue weighted by Gasteiger charge is -2.26. The Morgan fingerprint density at radius 3 is 2.51 bits per heavy atom. The van der Waals surface area contributed by atoms with E-state index < -0.39 is 0 Å². The number of ether oxygens (including phenoxy) is 1. The fraction of sp³-hybridized carbons (Fsp3) is 0.536. The first-order valence-electron chi connectivity index (χ1n) is 13.3. The third kappa shape index (κ3) is 5.06. The molecule has 0 bridgehead atoms. The van der Waals surface area contributed by atoms with Gasteiger partial charge in [-0.1, -0.05) is 31.9 Å². The highest BCUT2D eigenvalue weighted by molar-refractivity contribution is 5.95. The molecule has 1 aliphatic heterocycles. The number of nitrogens with zero attached hydrogens (tertiary/aromatic N) is 3. The Kier molecular flexibility index (Phi) is 7.32. The zero-order chi connectivity index (χ0) is 24.2. The van der Waals surface area contributed by atoms with Crippen LogP contribution in [0.5, 0.6) is 0 Å². The monoisotopic (exact) mass is 475 g/mol. The summed E-state index contributed by atoms with van der Waals surface area (Å²) in [5.74, 6) is 0.603. The van der Waals surface area contributed by atoms with Crippen LogP contribution in [0.4, 0.5) is 5.69 Å². The molecule has 1 amide bonds. The van der Waals surface area contributed by atoms with Crippen LogP contribution in [-0.4, -0.2) is 39.9 Å². The van der Waals surface area contributed by atoms with Crippen molar-refractivity contribution < 1.29 is 9.53 Å². The number of benzene rings is 1. The van der Waals surface area contributed by atoms with Gasteiger partial charge in [0, 0.05) is 49.2 Å². The number of aryl methyl sites for hydroxylation is 2. The molecule has 2 N–H and O–H groups in total. The predicted molar refractivity (Wildman–Crippen MR) is 139 cm³/mol. The molecule has 3 heterocycles. The maximum atomic E-state index is 13.1. The van der Waals surface area contributed by atoms with Gasteiger partial charge in [-0.2, -0.15) is 5.10 Å². The minimum atomic E-state index is -0.0496. The number of carbonyl (C=O) groups excluding carboxylic acids is 1. The smallest absolute Gasteiger partial charge is 0.251 e. The Hall–Kier alpha value is -2.93. The molecular weight excluding hydrogens is 438 g/mol. The van der Waals surface area contributed by atoms with Crippen LogP contribution in [0.25, 0.3) is 11.0 Å². The molecule has 5 rings (SSSR count). The maximum Gasteiger partial charge on any atom is 0.251 e. The lowest BCUT2D eigenvalue weighted by atomic mass is 9.96. The third-order valence-electron chi connectivity index (χ3n) is 7.60. The van der Waals surface area contributed by atoms with E-state index in [4.69, 9.17) is 9.72 Å². The number of nitrogens with one attached hydrogen (secondary N) is 2. The van der Waals surface area contributed by atoms with E-state index in [9.17, 15) is 4.79 Å². The van der Waals surface area contributed by atoms with Crippen molar-refractivity contribution in [3.05, 3.63) is 52.8 Å². The number of aromatic nitrogens is 3. The molecule has 7 nitrogen and oxygen atoms in total. The molecule has 186 valence electrons. The largest absolute Gasteiger partial charge is 0.381 e. The van der Waals surface area contributed by atoms with Gasteiger partial charge in [-0.15, -0.1) is 0 Å². The summed E-state index contributed by atoms with van der Waals surface area (Å²) in [4.78, 5) is 18.0. The highest BCUT2D eigenvalue weighted by Crippen LogP contribution is 2.34. The van der Waals surface area contributed by atoms with Crippen molar-refractivity contribution in [3.63, 3.8) is 0 Å². The molecular formula is C28H37N5O2. The van der Waals surface area contributed by atoms with Gasteiger partial charge < -0.3 is 15.4 Å². The summed E-state index contributed by atoms with van der Waals surface area (Å²) in [7, 11) is 0. The van der Waals surface area contributed by atoms with Crippen LogP contribution in [0.2, 0.25) is 0 Å². The number of hydrogen-bond acceptors (Lipinski definition) is 5. The molecule has 35 heavy (non-hydrogen) atoms. The van der Waals surface area contributed by atoms with Crippen LogP contribution < -0.4 is 10.6 Å². The van der Waals surface area contributed by atoms with Crippen LogP contribution in [-0.2, 0) is 24.2 Å². The van der Waals surface area contributed by atoms with Gasteiger partial charge in [0.05, 0.1) is 17.3 Å². The molecule has 0 atom stereocenters. The summed E-state index contributed by atoms with van der Waals surface area (Å²) in [6.07, 6.45) is 9.77. The second kappa shape index (κ2) is 10.8. The van der Waals surface area contributed by atoms with Gasteiger partial charge >= 0.3 is 0 Å². The first kappa shape index (κ1) is 23.8. The second-order valence-electron chi connectivity index (χ2n) is 9.78. The molecule has 3 aromatic rings. The Bertz CT molecular complexity index is 1160. The normalized spacial score (nSPS) is 17.2. The molecule has 1 saturated carbocycles. The van der Waals surface area contributed by atoms with Crippen molar-refractivity contribution in [1.82, 2.24) is 20.1 Å². The van der Waals surface area contributed by atoms with E-state index in [0.29, 0.717) is 24.1 Å². The highest BCUT2D eigenvalue weighted by atomic mass is 16.5. The van der Waals surface area contributed by atoms with Crippen LogP contribution in [0.3, 0.4) is 0 Å². The van der Waals surface area contributed by atoms with Crippen molar-refractivity contribution in [2.75, 3.05) is 18.5 Å². The van der Waals surface area contributed by atoms with Crippen LogP contribution in [0, 0.1) is 0 Å². The van der Waals surface area contributed by atoms with Gasteiger partial charge in [-0.25, -0.2) is 9.67 Å². The second-order valence-corrected chi connectivity index (χ2v) is 9.78. The lowest BCUT2D eigenvalue weighted by Crippen LogP contribution is -2.30. The maximum absolute atomic E-state index is 13.1. The van der Waals surface area contributed by atoms with Gasteiger partial charge in [0.25, 0.3) is 5.91 Å². The standard InChI is InChI=1S/C28H37N5O2/c1-3-25-23(17-29-28(34)21-11-9-20(10-12-21)19-7-5-6-8-19)26(31-22-13-15-35-16-14-22)24-18-30-33(4-2)27(24)32-25/h9-12,18-19,22H,3-8,13-17H2,1-2H3,(H,29,34)(H,31,32). The minimum Gasteiger partial charge on any atom is -0.381 e. The van der Waals surface area contributed by atoms with Gasteiger partial charge in [0.1, 0.15) is 0 Å². The molecule has 1 aliphatic carbocycles. The predicted octanol–water partition coefficient (Wildman–Crippen LogP) is 5.19. The Morgan fingerprint density at radius 1 is 1.09 bits per heavy atom. The van der Waals surface area contributed by atoms with E-state index in [-0.39, 0.29) is 5.91 Å². The zero-order valence-corrected chi connectivity index (χ0v) is 21.0. The number of anilines is 1. The van der Waals surface area contributed by atoms with E-state index in [1.165, 1.54) is 31.2 Å². The molecule has 2 aromatic heterocycles. The topological polar surface area (TPSA) is 81.1 Å². The van der Waals surface area contributed by atoms with Gasteiger partial charge in [-0.05, 0) is 62.6 Å². The van der Waals surface area contributed by atoms with Crippen LogP contribution >= 0.6 is 0 Å². The molecule has 1 aromatic carbocycles. The average molecular weight is 476 g/mol. The first-order valence-corrected chi connectivity index (χ1v) is 13.3. The van der Waals surface area contributed by atoms with Crippen molar-refractivity contribution in [2.24, 2.45) is 0 Å². The molecule has 2 fully saturated rings. The quantitative estimate of drug-likeness (QED) is 0.468.